The lowest BCUT2D eigenvalue weighted by atomic mass is 9.97. The van der Waals surface area contributed by atoms with E-state index in [0.717, 1.165) is 56.2 Å². The van der Waals surface area contributed by atoms with Gasteiger partial charge in [0.25, 0.3) is 5.91 Å². The van der Waals surface area contributed by atoms with Crippen molar-refractivity contribution in [1.82, 2.24) is 9.88 Å². The van der Waals surface area contributed by atoms with Gasteiger partial charge in [0.05, 0.1) is 12.1 Å². The minimum Gasteiger partial charge on any atom is -0.358 e. The van der Waals surface area contributed by atoms with Crippen LogP contribution in [0.4, 0.5) is 10.1 Å². The van der Waals surface area contributed by atoms with Crippen LogP contribution in [0.15, 0.2) is 48.5 Å². The number of nitrogens with zero attached hydrogens (tertiary/aromatic N) is 2. The minimum atomic E-state index is -0.371. The van der Waals surface area contributed by atoms with Gasteiger partial charge >= 0.3 is 5.91 Å². The molecule has 0 unspecified atom stereocenters. The van der Waals surface area contributed by atoms with E-state index in [4.69, 9.17) is 0 Å². The summed E-state index contributed by atoms with van der Waals surface area (Å²) in [7, 11) is 0. The number of aromatic nitrogens is 1. The zero-order chi connectivity index (χ0) is 25.4. The molecule has 0 bridgehead atoms. The second-order valence-electron chi connectivity index (χ2n) is 9.63. The lowest BCUT2D eigenvalue weighted by Crippen LogP contribution is -2.41. The molecule has 186 valence electrons. The number of carbonyl (C=O) groups excluding carboxylic acids is 2. The van der Waals surface area contributed by atoms with E-state index in [-0.39, 0.29) is 17.6 Å². The number of amides is 2. The van der Waals surface area contributed by atoms with Crippen LogP contribution in [0.2, 0.25) is 0 Å². The van der Waals surface area contributed by atoms with Crippen molar-refractivity contribution in [3.63, 3.8) is 0 Å². The number of rotatable bonds is 8. The van der Waals surface area contributed by atoms with E-state index in [1.807, 2.05) is 37.3 Å². The molecule has 2 N–H and O–H groups in total. The molecular weight excluding hydrogens is 455 g/mol. The fourth-order valence-electron chi connectivity index (χ4n) is 5.15. The van der Waals surface area contributed by atoms with Crippen molar-refractivity contribution >= 4 is 29.2 Å². The van der Waals surface area contributed by atoms with E-state index in [1.165, 1.54) is 12.1 Å². The first-order valence-corrected chi connectivity index (χ1v) is 12.6. The molecule has 2 aliphatic rings. The number of nitrogens with one attached hydrogen (secondary N) is 2. The number of benzene rings is 2. The summed E-state index contributed by atoms with van der Waals surface area (Å²) < 4.78 is 14.7. The molecule has 2 amide bonds. The number of likely N-dealkylation sites (N-methyl/N-ethyl adjacent to an activating group) is 1. The second kappa shape index (κ2) is 9.48. The molecule has 0 aliphatic carbocycles. The van der Waals surface area contributed by atoms with Crippen LogP contribution < -0.4 is 5.32 Å². The summed E-state index contributed by atoms with van der Waals surface area (Å²) in [5, 5.41) is 2.90. The Labute approximate surface area is 211 Å². The SMILES string of the molecule is CCN(CC)CC[N+]1(C(=O)c2c(C)[nH]c(/C=C3\C(=O)Nc4ccccc43)c2-c2cccc(F)c2)CC1. The highest BCUT2D eigenvalue weighted by Gasteiger charge is 2.51. The quantitative estimate of drug-likeness (QED) is 0.269. The van der Waals surface area contributed by atoms with Gasteiger partial charge in [-0.05, 0) is 49.9 Å². The molecule has 7 heteroatoms. The lowest BCUT2D eigenvalue weighted by Gasteiger charge is -2.22. The predicted octanol–water partition coefficient (Wildman–Crippen LogP) is 4.93. The van der Waals surface area contributed by atoms with Gasteiger partial charge in [0, 0.05) is 34.7 Å². The maximum Gasteiger partial charge on any atom is 0.348 e. The Morgan fingerprint density at radius 3 is 2.56 bits per heavy atom. The Kier molecular flexibility index (Phi) is 6.36. The largest absolute Gasteiger partial charge is 0.358 e. The summed E-state index contributed by atoms with van der Waals surface area (Å²) >= 11 is 0. The highest BCUT2D eigenvalue weighted by Crippen LogP contribution is 2.39. The summed E-state index contributed by atoms with van der Waals surface area (Å²) in [6.45, 7) is 11.3. The van der Waals surface area contributed by atoms with Crippen molar-refractivity contribution in [2.75, 3.05) is 44.6 Å². The Bertz CT molecular complexity index is 1370. The Morgan fingerprint density at radius 1 is 1.11 bits per heavy atom. The molecule has 1 aromatic heterocycles. The van der Waals surface area contributed by atoms with Crippen molar-refractivity contribution in [2.45, 2.75) is 20.8 Å². The van der Waals surface area contributed by atoms with Crippen LogP contribution >= 0.6 is 0 Å². The molecule has 0 spiro atoms. The monoisotopic (exact) mass is 487 g/mol. The van der Waals surface area contributed by atoms with Crippen molar-refractivity contribution < 1.29 is 18.5 Å². The number of anilines is 1. The van der Waals surface area contributed by atoms with Crippen molar-refractivity contribution in [3.8, 4) is 11.1 Å². The van der Waals surface area contributed by atoms with Gasteiger partial charge in [0.15, 0.2) is 0 Å². The zero-order valence-electron chi connectivity index (χ0n) is 21.0. The van der Waals surface area contributed by atoms with Crippen LogP contribution in [0.1, 0.15) is 41.2 Å². The molecule has 3 aromatic rings. The molecule has 2 aromatic carbocycles. The van der Waals surface area contributed by atoms with E-state index in [1.54, 1.807) is 12.1 Å². The number of hydrogen-bond acceptors (Lipinski definition) is 3. The van der Waals surface area contributed by atoms with E-state index >= 15 is 0 Å². The number of H-pyrrole nitrogens is 1. The Hall–Kier alpha value is -3.55. The van der Waals surface area contributed by atoms with Crippen LogP contribution in [-0.2, 0) is 4.79 Å². The highest BCUT2D eigenvalue weighted by atomic mass is 19.1. The number of quaternary nitrogens is 1. The summed E-state index contributed by atoms with van der Waals surface area (Å²) in [4.78, 5) is 32.6. The van der Waals surface area contributed by atoms with E-state index < -0.39 is 0 Å². The zero-order valence-corrected chi connectivity index (χ0v) is 21.0. The molecule has 3 heterocycles. The minimum absolute atomic E-state index is 0.0519. The van der Waals surface area contributed by atoms with Gasteiger partial charge in [-0.2, -0.15) is 0 Å². The summed E-state index contributed by atoms with van der Waals surface area (Å²) in [6.07, 6.45) is 1.79. The molecule has 0 saturated carbocycles. The van der Waals surface area contributed by atoms with Gasteiger partial charge in [-0.3, -0.25) is 9.69 Å². The van der Waals surface area contributed by atoms with Gasteiger partial charge in [-0.25, -0.2) is 13.7 Å². The van der Waals surface area contributed by atoms with E-state index in [2.05, 4.69) is 29.0 Å². The fraction of sp³-hybridized carbons (Fsp3) is 0.310. The third-order valence-electron chi connectivity index (χ3n) is 7.48. The number of aromatic amines is 1. The van der Waals surface area contributed by atoms with Crippen molar-refractivity contribution in [2.24, 2.45) is 0 Å². The second-order valence-corrected chi connectivity index (χ2v) is 9.63. The smallest absolute Gasteiger partial charge is 0.348 e. The molecule has 1 saturated heterocycles. The number of aryl methyl sites for hydroxylation is 1. The van der Waals surface area contributed by atoms with E-state index in [0.29, 0.717) is 32.4 Å². The number of fused-ring (bicyclic) bond motifs is 1. The highest BCUT2D eigenvalue weighted by molar-refractivity contribution is 6.35. The normalized spacial score (nSPS) is 16.9. The molecule has 36 heavy (non-hydrogen) atoms. The van der Waals surface area contributed by atoms with Crippen LogP contribution in [-0.4, -0.2) is 65.4 Å². The van der Waals surface area contributed by atoms with Crippen LogP contribution in [0.3, 0.4) is 0 Å². The molecule has 6 nitrogen and oxygen atoms in total. The van der Waals surface area contributed by atoms with Crippen molar-refractivity contribution in [3.05, 3.63) is 76.9 Å². The third-order valence-corrected chi connectivity index (χ3v) is 7.48. The van der Waals surface area contributed by atoms with Gasteiger partial charge in [0.1, 0.15) is 24.5 Å². The predicted molar refractivity (Wildman–Crippen MR) is 141 cm³/mol. The summed E-state index contributed by atoms with van der Waals surface area (Å²) in [5.74, 6) is -0.518. The van der Waals surface area contributed by atoms with Gasteiger partial charge in [-0.1, -0.05) is 44.2 Å². The van der Waals surface area contributed by atoms with Gasteiger partial charge in [-0.15, -0.1) is 0 Å². The summed E-state index contributed by atoms with van der Waals surface area (Å²) in [5.41, 5.74) is 5.28. The Balaban J connectivity index is 1.61. The maximum atomic E-state index is 14.3. The fourth-order valence-corrected chi connectivity index (χ4v) is 5.15. The number of carbonyl (C=O) groups is 2. The van der Waals surface area contributed by atoms with Gasteiger partial charge < -0.3 is 10.3 Å². The molecule has 0 atom stereocenters. The average Bonchev–Trinajstić information content (AvgIpc) is 3.50. The summed E-state index contributed by atoms with van der Waals surface area (Å²) in [6, 6.07) is 13.8. The topological polar surface area (TPSA) is 65.2 Å². The lowest BCUT2D eigenvalue weighted by molar-refractivity contribution is -0.710. The third kappa shape index (κ3) is 4.29. The Morgan fingerprint density at radius 2 is 1.86 bits per heavy atom. The van der Waals surface area contributed by atoms with Gasteiger partial charge in [0.2, 0.25) is 0 Å². The molecule has 0 radical (unpaired) electrons. The molecule has 5 rings (SSSR count). The first-order valence-electron chi connectivity index (χ1n) is 12.6. The molecule has 1 fully saturated rings. The van der Waals surface area contributed by atoms with Crippen LogP contribution in [0.25, 0.3) is 22.8 Å². The standard InChI is InChI=1S/C29H31FN4O2/c1-4-33(5-2)13-14-34(15-16-34)29(36)26-19(3)31-25(27(26)20-9-8-10-21(30)17-20)18-23-22-11-6-7-12-24(22)32-28(23)35/h6-12,17-18H,4-5,13-16H2,1-3H3,(H-,31,32,35,36)/p+1. The van der Waals surface area contributed by atoms with Crippen molar-refractivity contribution in [1.29, 1.82) is 0 Å². The van der Waals surface area contributed by atoms with Crippen LogP contribution in [0.5, 0.6) is 0 Å². The average molecular weight is 488 g/mol. The molecule has 2 aliphatic heterocycles. The number of para-hydroxylation sites is 1. The maximum absolute atomic E-state index is 14.3. The first-order chi connectivity index (χ1) is 17.4. The van der Waals surface area contributed by atoms with E-state index in [9.17, 15) is 14.0 Å². The number of hydrogen-bond donors (Lipinski definition) is 2. The number of halogens is 1. The first kappa shape index (κ1) is 24.2. The molecular formula is C29H32FN4O2+. The van der Waals surface area contributed by atoms with Crippen LogP contribution in [0, 0.1) is 12.7 Å².